The van der Waals surface area contributed by atoms with Crippen molar-refractivity contribution in [1.82, 2.24) is 19.7 Å². The average molecular weight is 356 g/mol. The molecule has 0 aliphatic heterocycles. The number of nitro groups is 1. The molecule has 3 aromatic rings. The van der Waals surface area contributed by atoms with Crippen molar-refractivity contribution in [1.29, 1.82) is 0 Å². The summed E-state index contributed by atoms with van der Waals surface area (Å²) in [7, 11) is 0. The first-order chi connectivity index (χ1) is 9.54. The Kier molecular flexibility index (Phi) is 3.10. The van der Waals surface area contributed by atoms with Crippen LogP contribution >= 0.6 is 27.3 Å². The zero-order chi connectivity index (χ0) is 14.3. The maximum Gasteiger partial charge on any atom is 0.404 e. The molecule has 3 rings (SSSR count). The first-order valence-corrected chi connectivity index (χ1v) is 7.05. The van der Waals surface area contributed by atoms with Crippen molar-refractivity contribution < 1.29 is 4.92 Å². The lowest BCUT2D eigenvalue weighted by molar-refractivity contribution is -0.390. The van der Waals surface area contributed by atoms with Crippen molar-refractivity contribution in [3.05, 3.63) is 48.4 Å². The van der Waals surface area contributed by atoms with E-state index >= 15 is 0 Å². The van der Waals surface area contributed by atoms with Crippen molar-refractivity contribution in [3.8, 4) is 0 Å². The molecule has 8 nitrogen and oxygen atoms in total. The molecular weight excluding hydrogens is 350 g/mol. The van der Waals surface area contributed by atoms with Gasteiger partial charge in [0, 0.05) is 0 Å². The van der Waals surface area contributed by atoms with Crippen LogP contribution in [0.3, 0.4) is 0 Å². The summed E-state index contributed by atoms with van der Waals surface area (Å²) in [5, 5.41) is 16.3. The number of hydrogen-bond donors (Lipinski definition) is 1. The van der Waals surface area contributed by atoms with Gasteiger partial charge in [-0.15, -0.1) is 11.3 Å². The molecule has 0 aromatic carbocycles. The Hall–Kier alpha value is -2.07. The molecule has 1 N–H and O–H groups in total. The maximum atomic E-state index is 11.8. The Morgan fingerprint density at radius 2 is 2.35 bits per heavy atom. The van der Waals surface area contributed by atoms with Gasteiger partial charge in [-0.25, -0.2) is 4.98 Å². The highest BCUT2D eigenvalue weighted by Gasteiger charge is 2.19. The van der Waals surface area contributed by atoms with Gasteiger partial charge in [0.05, 0.1) is 16.8 Å². The number of thiophene rings is 1. The number of rotatable bonds is 3. The maximum absolute atomic E-state index is 11.8. The highest BCUT2D eigenvalue weighted by molar-refractivity contribution is 9.10. The van der Waals surface area contributed by atoms with E-state index in [1.165, 1.54) is 22.2 Å². The molecule has 20 heavy (non-hydrogen) atoms. The quantitative estimate of drug-likeness (QED) is 0.570. The van der Waals surface area contributed by atoms with Gasteiger partial charge in [0.25, 0.3) is 5.56 Å². The van der Waals surface area contributed by atoms with E-state index in [9.17, 15) is 14.9 Å². The lowest BCUT2D eigenvalue weighted by Crippen LogP contribution is -2.13. The fourth-order valence-corrected chi connectivity index (χ4v) is 2.93. The number of hydrogen-bond acceptors (Lipinski definition) is 6. The van der Waals surface area contributed by atoms with Crippen molar-refractivity contribution >= 4 is 43.3 Å². The number of nitrogens with zero attached hydrogens (tertiary/aromatic N) is 4. The second kappa shape index (κ2) is 4.80. The SMILES string of the molecule is O=c1[nH]c(Cn2cc(Br)c([N+](=O)[O-])n2)nc2ccsc12. The van der Waals surface area contributed by atoms with Crippen LogP contribution in [-0.4, -0.2) is 24.7 Å². The second-order valence-corrected chi connectivity index (χ2v) is 5.67. The number of H-pyrrole nitrogens is 1. The fourth-order valence-electron chi connectivity index (χ4n) is 1.74. The molecule has 3 aromatic heterocycles. The Bertz CT molecular complexity index is 867. The zero-order valence-corrected chi connectivity index (χ0v) is 12.1. The summed E-state index contributed by atoms with van der Waals surface area (Å²) in [5.41, 5.74) is 0.384. The normalized spacial score (nSPS) is 11.1. The Balaban J connectivity index is 1.98. The topological polar surface area (TPSA) is 107 Å². The highest BCUT2D eigenvalue weighted by atomic mass is 79.9. The van der Waals surface area contributed by atoms with Crippen molar-refractivity contribution in [2.24, 2.45) is 0 Å². The van der Waals surface area contributed by atoms with Crippen LogP contribution in [0.25, 0.3) is 10.2 Å². The summed E-state index contributed by atoms with van der Waals surface area (Å²) in [4.78, 5) is 28.8. The van der Waals surface area contributed by atoms with Crippen molar-refractivity contribution in [2.75, 3.05) is 0 Å². The van der Waals surface area contributed by atoms with Crippen LogP contribution in [0.5, 0.6) is 0 Å². The van der Waals surface area contributed by atoms with Crippen LogP contribution in [0.15, 0.2) is 26.9 Å². The molecule has 102 valence electrons. The van der Waals surface area contributed by atoms with Gasteiger partial charge in [0.1, 0.15) is 21.5 Å². The summed E-state index contributed by atoms with van der Waals surface area (Å²) in [6.07, 6.45) is 1.47. The smallest absolute Gasteiger partial charge is 0.358 e. The minimum atomic E-state index is -0.584. The van der Waals surface area contributed by atoms with E-state index < -0.39 is 4.92 Å². The number of halogens is 1. The summed E-state index contributed by atoms with van der Waals surface area (Å²) < 4.78 is 2.18. The van der Waals surface area contributed by atoms with Crippen LogP contribution in [0.1, 0.15) is 5.82 Å². The predicted octanol–water partition coefficient (Wildman–Crippen LogP) is 1.90. The Morgan fingerprint density at radius 3 is 3.05 bits per heavy atom. The lowest BCUT2D eigenvalue weighted by Gasteiger charge is -1.98. The third kappa shape index (κ3) is 2.23. The molecule has 0 atom stereocenters. The van der Waals surface area contributed by atoms with Crippen molar-refractivity contribution in [2.45, 2.75) is 6.54 Å². The minimum absolute atomic E-state index is 0.146. The van der Waals surface area contributed by atoms with E-state index in [4.69, 9.17) is 0 Å². The van der Waals surface area contributed by atoms with E-state index in [0.29, 0.717) is 16.0 Å². The lowest BCUT2D eigenvalue weighted by atomic mass is 10.4. The van der Waals surface area contributed by atoms with Crippen molar-refractivity contribution in [3.63, 3.8) is 0 Å². The zero-order valence-electron chi connectivity index (χ0n) is 9.74. The van der Waals surface area contributed by atoms with E-state index in [1.807, 2.05) is 0 Å². The van der Waals surface area contributed by atoms with Crippen LogP contribution in [0.2, 0.25) is 0 Å². The van der Waals surface area contributed by atoms with E-state index in [2.05, 4.69) is 31.0 Å². The van der Waals surface area contributed by atoms with Gasteiger partial charge in [-0.3, -0.25) is 4.79 Å². The van der Waals surface area contributed by atoms with E-state index in [1.54, 1.807) is 11.4 Å². The number of aromatic amines is 1. The van der Waals surface area contributed by atoms with Gasteiger partial charge >= 0.3 is 5.82 Å². The fraction of sp³-hybridized carbons (Fsp3) is 0.100. The molecule has 0 bridgehead atoms. The summed E-state index contributed by atoms with van der Waals surface area (Å²) in [5.74, 6) is 0.120. The predicted molar refractivity (Wildman–Crippen MR) is 75.9 cm³/mol. The van der Waals surface area contributed by atoms with Crippen LogP contribution < -0.4 is 5.56 Å². The molecule has 0 fully saturated rings. The molecule has 0 spiro atoms. The van der Waals surface area contributed by atoms with E-state index in [-0.39, 0.29) is 22.4 Å². The summed E-state index contributed by atoms with van der Waals surface area (Å²) in [6, 6.07) is 1.75. The van der Waals surface area contributed by atoms with E-state index in [0.717, 1.165) is 0 Å². The molecule has 0 aliphatic rings. The molecule has 0 unspecified atom stereocenters. The minimum Gasteiger partial charge on any atom is -0.358 e. The van der Waals surface area contributed by atoms with Gasteiger partial charge < -0.3 is 15.1 Å². The van der Waals surface area contributed by atoms with Crippen LogP contribution in [-0.2, 0) is 6.54 Å². The first kappa shape index (κ1) is 12.9. The van der Waals surface area contributed by atoms with Gasteiger partial charge in [0.2, 0.25) is 0 Å². The van der Waals surface area contributed by atoms with Gasteiger partial charge in [-0.05, 0) is 32.3 Å². The molecule has 10 heteroatoms. The molecule has 0 radical (unpaired) electrons. The average Bonchev–Trinajstić information content (AvgIpc) is 2.96. The largest absolute Gasteiger partial charge is 0.404 e. The van der Waals surface area contributed by atoms with Gasteiger partial charge in [-0.1, -0.05) is 0 Å². The number of fused-ring (bicyclic) bond motifs is 1. The molecule has 0 saturated heterocycles. The number of nitrogens with one attached hydrogen (secondary N) is 1. The number of aromatic nitrogens is 4. The summed E-state index contributed by atoms with van der Waals surface area (Å²) >= 11 is 4.38. The Morgan fingerprint density at radius 1 is 1.55 bits per heavy atom. The third-order valence-electron chi connectivity index (χ3n) is 2.55. The van der Waals surface area contributed by atoms with Gasteiger partial charge in [-0.2, -0.15) is 4.68 Å². The second-order valence-electron chi connectivity index (χ2n) is 3.90. The third-order valence-corrected chi connectivity index (χ3v) is 4.01. The molecular formula is C10H6BrN5O3S. The van der Waals surface area contributed by atoms with Crippen LogP contribution in [0, 0.1) is 10.1 Å². The molecule has 0 saturated carbocycles. The molecule has 0 aliphatic carbocycles. The highest BCUT2D eigenvalue weighted by Crippen LogP contribution is 2.22. The van der Waals surface area contributed by atoms with Gasteiger partial charge in [0.15, 0.2) is 0 Å². The molecule has 0 amide bonds. The molecule has 3 heterocycles. The standard InChI is InChI=1S/C10H6BrN5O3S/c11-5-3-15(14-9(5)16(18)19)4-7-12-6-1-2-20-8(6)10(17)13-7/h1-3H,4H2,(H,12,13,17). The summed E-state index contributed by atoms with van der Waals surface area (Å²) in [6.45, 7) is 0.146. The Labute approximate surface area is 123 Å². The monoisotopic (exact) mass is 355 g/mol. The van der Waals surface area contributed by atoms with Crippen LogP contribution in [0.4, 0.5) is 5.82 Å². The first-order valence-electron chi connectivity index (χ1n) is 5.38.